The number of hydrogen-bond acceptors (Lipinski definition) is 3. The highest BCUT2D eigenvalue weighted by atomic mass is 35.5. The third-order valence-electron chi connectivity index (χ3n) is 4.04. The van der Waals surface area contributed by atoms with Crippen LogP contribution in [0.1, 0.15) is 31.8 Å². The number of aryl methyl sites for hydroxylation is 1. The van der Waals surface area contributed by atoms with E-state index in [4.69, 9.17) is 23.2 Å². The Morgan fingerprint density at radius 3 is 2.17 bits per heavy atom. The molecule has 0 bridgehead atoms. The van der Waals surface area contributed by atoms with E-state index in [1.807, 2.05) is 19.1 Å². The van der Waals surface area contributed by atoms with Crippen molar-refractivity contribution in [2.24, 2.45) is 5.10 Å². The lowest BCUT2D eigenvalue weighted by Crippen LogP contribution is -2.18. The number of hydrogen-bond donors (Lipinski definition) is 2. The minimum absolute atomic E-state index is 0.216. The molecule has 5 nitrogen and oxygen atoms in total. The number of benzene rings is 3. The summed E-state index contributed by atoms with van der Waals surface area (Å²) in [5.74, 6) is -0.617. The molecular formula is C22H17Cl2N3O2. The van der Waals surface area contributed by atoms with Gasteiger partial charge in [-0.2, -0.15) is 5.10 Å². The van der Waals surface area contributed by atoms with E-state index in [1.165, 1.54) is 6.21 Å². The van der Waals surface area contributed by atoms with Gasteiger partial charge in [-0.1, -0.05) is 47.0 Å². The topological polar surface area (TPSA) is 70.6 Å². The van der Waals surface area contributed by atoms with Crippen LogP contribution in [0.5, 0.6) is 0 Å². The predicted octanol–water partition coefficient (Wildman–Crippen LogP) is 5.32. The minimum Gasteiger partial charge on any atom is -0.322 e. The Morgan fingerprint density at radius 2 is 1.52 bits per heavy atom. The number of hydrazone groups is 1. The van der Waals surface area contributed by atoms with E-state index in [0.717, 1.165) is 5.56 Å². The molecule has 0 aliphatic rings. The van der Waals surface area contributed by atoms with Gasteiger partial charge in [0.2, 0.25) is 0 Å². The van der Waals surface area contributed by atoms with E-state index in [0.29, 0.717) is 32.4 Å². The summed E-state index contributed by atoms with van der Waals surface area (Å²) in [6, 6.07) is 18.9. The first kappa shape index (κ1) is 20.6. The Balaban J connectivity index is 1.61. The summed E-state index contributed by atoms with van der Waals surface area (Å²) in [6.07, 6.45) is 1.39. The molecule has 0 aliphatic heterocycles. The van der Waals surface area contributed by atoms with Crippen LogP contribution in [0.2, 0.25) is 10.0 Å². The van der Waals surface area contributed by atoms with Crippen molar-refractivity contribution in [3.63, 3.8) is 0 Å². The van der Waals surface area contributed by atoms with Crippen molar-refractivity contribution in [3.8, 4) is 0 Å². The Kier molecular flexibility index (Phi) is 6.65. The van der Waals surface area contributed by atoms with E-state index in [1.54, 1.807) is 54.6 Å². The normalized spacial score (nSPS) is 10.7. The lowest BCUT2D eigenvalue weighted by molar-refractivity contribution is 0.0954. The van der Waals surface area contributed by atoms with Gasteiger partial charge in [-0.05, 0) is 55.5 Å². The summed E-state index contributed by atoms with van der Waals surface area (Å²) in [6.45, 7) is 1.92. The van der Waals surface area contributed by atoms with E-state index < -0.39 is 5.91 Å². The zero-order valence-corrected chi connectivity index (χ0v) is 17.0. The predicted molar refractivity (Wildman–Crippen MR) is 117 cm³/mol. The molecule has 0 atom stereocenters. The molecule has 0 spiro atoms. The number of amides is 2. The van der Waals surface area contributed by atoms with Crippen molar-refractivity contribution in [2.45, 2.75) is 6.92 Å². The van der Waals surface area contributed by atoms with Gasteiger partial charge in [-0.3, -0.25) is 9.59 Å². The van der Waals surface area contributed by atoms with Crippen LogP contribution >= 0.6 is 23.2 Å². The first-order valence-corrected chi connectivity index (χ1v) is 9.45. The third-order valence-corrected chi connectivity index (χ3v) is 4.70. The van der Waals surface area contributed by atoms with Crippen LogP contribution in [0.4, 0.5) is 5.69 Å². The molecule has 3 aromatic rings. The highest BCUT2D eigenvalue weighted by molar-refractivity contribution is 6.38. The van der Waals surface area contributed by atoms with Gasteiger partial charge in [0.05, 0.1) is 16.3 Å². The largest absolute Gasteiger partial charge is 0.322 e. The first-order valence-electron chi connectivity index (χ1n) is 8.69. The molecule has 2 amide bonds. The van der Waals surface area contributed by atoms with Gasteiger partial charge in [-0.25, -0.2) is 5.43 Å². The average molecular weight is 426 g/mol. The summed E-state index contributed by atoms with van der Waals surface area (Å²) >= 11 is 12.1. The molecule has 0 aromatic heterocycles. The molecule has 0 radical (unpaired) electrons. The number of nitrogens with zero attached hydrogens (tertiary/aromatic N) is 1. The van der Waals surface area contributed by atoms with Gasteiger partial charge < -0.3 is 5.32 Å². The second kappa shape index (κ2) is 9.37. The van der Waals surface area contributed by atoms with Gasteiger partial charge in [0, 0.05) is 22.4 Å². The third kappa shape index (κ3) is 5.44. The molecule has 0 saturated heterocycles. The summed E-state index contributed by atoms with van der Waals surface area (Å²) in [7, 11) is 0. The Bertz CT molecular complexity index is 1060. The number of rotatable bonds is 5. The number of halogens is 2. The van der Waals surface area contributed by atoms with Crippen molar-refractivity contribution in [1.29, 1.82) is 0 Å². The lowest BCUT2D eigenvalue weighted by Gasteiger charge is -2.07. The van der Waals surface area contributed by atoms with Crippen molar-refractivity contribution in [2.75, 3.05) is 5.32 Å². The van der Waals surface area contributed by atoms with E-state index in [2.05, 4.69) is 15.8 Å². The smallest absolute Gasteiger partial charge is 0.271 e. The fraction of sp³-hybridized carbons (Fsp3) is 0.0455. The standard InChI is InChI=1S/C22H17Cl2N3O2/c1-14-4-2-5-16(12-14)21(28)26-17-10-8-15(9-11-17)22(29)27-25-13-18-19(23)6-3-7-20(18)24/h2-13H,1H3,(H,26,28)(H,27,29)/b25-13+. The van der Waals surface area contributed by atoms with Crippen molar-refractivity contribution in [1.82, 2.24) is 5.43 Å². The van der Waals surface area contributed by atoms with E-state index >= 15 is 0 Å². The second-order valence-corrected chi connectivity index (χ2v) is 7.05. The van der Waals surface area contributed by atoms with Crippen LogP contribution in [0.15, 0.2) is 71.8 Å². The molecular weight excluding hydrogens is 409 g/mol. The second-order valence-electron chi connectivity index (χ2n) is 6.24. The maximum Gasteiger partial charge on any atom is 0.271 e. The maximum atomic E-state index is 12.3. The van der Waals surface area contributed by atoms with Gasteiger partial charge in [0.1, 0.15) is 0 Å². The van der Waals surface area contributed by atoms with Crippen LogP contribution in [0.25, 0.3) is 0 Å². The number of nitrogens with one attached hydrogen (secondary N) is 2. The molecule has 146 valence electrons. The number of carbonyl (C=O) groups excluding carboxylic acids is 2. The maximum absolute atomic E-state index is 12.3. The minimum atomic E-state index is -0.402. The van der Waals surface area contributed by atoms with E-state index in [9.17, 15) is 9.59 Å². The summed E-state index contributed by atoms with van der Waals surface area (Å²) in [5, 5.41) is 7.56. The van der Waals surface area contributed by atoms with Crippen molar-refractivity contribution < 1.29 is 9.59 Å². The molecule has 2 N–H and O–H groups in total. The molecule has 3 rings (SSSR count). The fourth-order valence-electron chi connectivity index (χ4n) is 2.55. The SMILES string of the molecule is Cc1cccc(C(=O)Nc2ccc(C(=O)N/N=C/c3c(Cl)cccc3Cl)cc2)c1. The zero-order chi connectivity index (χ0) is 20.8. The monoisotopic (exact) mass is 425 g/mol. The van der Waals surface area contributed by atoms with Crippen LogP contribution in [0, 0.1) is 6.92 Å². The molecule has 29 heavy (non-hydrogen) atoms. The summed E-state index contributed by atoms with van der Waals surface area (Å²) in [5.41, 5.74) is 5.48. The first-order chi connectivity index (χ1) is 13.9. The Labute approximate surface area is 178 Å². The van der Waals surface area contributed by atoms with Crippen LogP contribution in [-0.2, 0) is 0 Å². The van der Waals surface area contributed by atoms with Gasteiger partial charge >= 0.3 is 0 Å². The quantitative estimate of drug-likeness (QED) is 0.428. The zero-order valence-electron chi connectivity index (χ0n) is 15.4. The molecule has 3 aromatic carbocycles. The lowest BCUT2D eigenvalue weighted by atomic mass is 10.1. The fourth-order valence-corrected chi connectivity index (χ4v) is 3.04. The Morgan fingerprint density at radius 1 is 0.862 bits per heavy atom. The molecule has 0 unspecified atom stereocenters. The molecule has 0 fully saturated rings. The van der Waals surface area contributed by atoms with Gasteiger partial charge in [0.25, 0.3) is 11.8 Å². The number of carbonyl (C=O) groups is 2. The molecule has 0 saturated carbocycles. The summed E-state index contributed by atoms with van der Waals surface area (Å²) in [4.78, 5) is 24.5. The molecule has 7 heteroatoms. The number of anilines is 1. The van der Waals surface area contributed by atoms with Crippen molar-refractivity contribution in [3.05, 3.63) is 99.0 Å². The highest BCUT2D eigenvalue weighted by Crippen LogP contribution is 2.22. The van der Waals surface area contributed by atoms with Crippen molar-refractivity contribution >= 4 is 46.9 Å². The van der Waals surface area contributed by atoms with E-state index in [-0.39, 0.29) is 5.91 Å². The van der Waals surface area contributed by atoms with Crippen LogP contribution in [0.3, 0.4) is 0 Å². The van der Waals surface area contributed by atoms with Crippen LogP contribution in [-0.4, -0.2) is 18.0 Å². The molecule has 0 aliphatic carbocycles. The van der Waals surface area contributed by atoms with Crippen LogP contribution < -0.4 is 10.7 Å². The van der Waals surface area contributed by atoms with Gasteiger partial charge in [-0.15, -0.1) is 0 Å². The Hall–Kier alpha value is -3.15. The average Bonchev–Trinajstić information content (AvgIpc) is 2.70. The highest BCUT2D eigenvalue weighted by Gasteiger charge is 2.08. The molecule has 0 heterocycles. The summed E-state index contributed by atoms with van der Waals surface area (Å²) < 4.78 is 0. The van der Waals surface area contributed by atoms with Gasteiger partial charge in [0.15, 0.2) is 0 Å².